The van der Waals surface area contributed by atoms with E-state index >= 15 is 0 Å². The summed E-state index contributed by atoms with van der Waals surface area (Å²) in [6, 6.07) is 6.27. The Morgan fingerprint density at radius 2 is 2.15 bits per heavy atom. The zero-order valence-corrected chi connectivity index (χ0v) is 16.3. The molecule has 1 aliphatic carbocycles. The summed E-state index contributed by atoms with van der Waals surface area (Å²) in [7, 11) is -4.06. The average molecular weight is 378 g/mol. The molecular weight excluding hydrogens is 352 g/mol. The molecule has 0 unspecified atom stereocenters. The van der Waals surface area contributed by atoms with Crippen molar-refractivity contribution >= 4 is 15.9 Å². The lowest BCUT2D eigenvalue weighted by Crippen LogP contribution is -2.42. The molecule has 3 atom stereocenters. The number of nitrogens with one attached hydrogen (secondary N) is 1. The third kappa shape index (κ3) is 5.05. The van der Waals surface area contributed by atoms with Crippen molar-refractivity contribution in [2.45, 2.75) is 70.0 Å². The van der Waals surface area contributed by atoms with Gasteiger partial charge in [0.25, 0.3) is 15.9 Å². The Bertz CT molecular complexity index is 798. The topological polar surface area (TPSA) is 96.3 Å². The Balaban J connectivity index is 2.12. The highest BCUT2D eigenvalue weighted by atomic mass is 32.2. The van der Waals surface area contributed by atoms with E-state index in [-0.39, 0.29) is 16.6 Å². The van der Waals surface area contributed by atoms with Crippen molar-refractivity contribution in [3.05, 3.63) is 29.3 Å². The number of aryl methyl sites for hydroxylation is 1. The molecule has 1 aromatic carbocycles. The molecule has 0 aliphatic heterocycles. The molecule has 1 aliphatic rings. The number of sulfonamides is 1. The predicted molar refractivity (Wildman–Crippen MR) is 97.8 cm³/mol. The van der Waals surface area contributed by atoms with Gasteiger partial charge in [-0.3, -0.25) is 4.79 Å². The maximum atomic E-state index is 12.6. The summed E-state index contributed by atoms with van der Waals surface area (Å²) < 4.78 is 33.2. The fraction of sp³-hybridized carbons (Fsp3) is 0.579. The lowest BCUT2D eigenvalue weighted by Gasteiger charge is -2.29. The van der Waals surface area contributed by atoms with Crippen LogP contribution in [0.4, 0.5) is 0 Å². The van der Waals surface area contributed by atoms with Crippen LogP contribution in [-0.2, 0) is 19.6 Å². The van der Waals surface area contributed by atoms with Crippen molar-refractivity contribution in [1.29, 1.82) is 5.26 Å². The van der Waals surface area contributed by atoms with E-state index in [2.05, 4.69) is 11.6 Å². The van der Waals surface area contributed by atoms with Gasteiger partial charge in [0, 0.05) is 0 Å². The molecule has 2 rings (SSSR count). The minimum Gasteiger partial charge on any atom is -0.365 e. The van der Waals surface area contributed by atoms with Gasteiger partial charge in [-0.1, -0.05) is 32.8 Å². The highest BCUT2D eigenvalue weighted by molar-refractivity contribution is 7.90. The number of benzene rings is 1. The van der Waals surface area contributed by atoms with Crippen molar-refractivity contribution in [3.63, 3.8) is 0 Å². The molecular formula is C19H26N2O4S. The Kier molecular flexibility index (Phi) is 6.79. The third-order valence-corrected chi connectivity index (χ3v) is 6.24. The molecule has 0 radical (unpaired) electrons. The second kappa shape index (κ2) is 8.65. The van der Waals surface area contributed by atoms with Crippen LogP contribution >= 0.6 is 0 Å². The van der Waals surface area contributed by atoms with Gasteiger partial charge in [-0.25, -0.2) is 13.1 Å². The number of rotatable bonds is 6. The normalized spacial score (nSPS) is 21.6. The second-order valence-electron chi connectivity index (χ2n) is 6.99. The van der Waals surface area contributed by atoms with E-state index < -0.39 is 22.0 Å². The number of ether oxygens (including phenoxy) is 1. The number of amides is 1. The SMILES string of the molecule is CC[C@H](O[C@@H]1CCC[C@@H](C)C1)C(=O)NS(=O)(=O)c1cc(C#N)ccc1C. The molecule has 0 saturated heterocycles. The molecule has 0 heterocycles. The second-order valence-corrected chi connectivity index (χ2v) is 8.64. The quantitative estimate of drug-likeness (QED) is 0.821. The van der Waals surface area contributed by atoms with Crippen molar-refractivity contribution in [1.82, 2.24) is 4.72 Å². The first-order chi connectivity index (χ1) is 12.3. The summed E-state index contributed by atoms with van der Waals surface area (Å²) >= 11 is 0. The van der Waals surface area contributed by atoms with Crippen LogP contribution in [0, 0.1) is 24.2 Å². The van der Waals surface area contributed by atoms with Gasteiger partial charge in [0.2, 0.25) is 0 Å². The van der Waals surface area contributed by atoms with Crippen LogP contribution in [0.2, 0.25) is 0 Å². The van der Waals surface area contributed by atoms with Gasteiger partial charge in [-0.05, 0) is 49.8 Å². The minimum absolute atomic E-state index is 0.0131. The Morgan fingerprint density at radius 3 is 2.77 bits per heavy atom. The van der Waals surface area contributed by atoms with Gasteiger partial charge in [-0.15, -0.1) is 0 Å². The van der Waals surface area contributed by atoms with Crippen LogP contribution in [0.15, 0.2) is 23.1 Å². The maximum absolute atomic E-state index is 12.6. The largest absolute Gasteiger partial charge is 0.365 e. The van der Waals surface area contributed by atoms with Gasteiger partial charge < -0.3 is 4.74 Å². The first-order valence-corrected chi connectivity index (χ1v) is 10.5. The van der Waals surface area contributed by atoms with Gasteiger partial charge in [0.15, 0.2) is 0 Å². The maximum Gasteiger partial charge on any atom is 0.264 e. The molecule has 1 amide bonds. The first kappa shape index (κ1) is 20.4. The molecule has 0 aromatic heterocycles. The monoisotopic (exact) mass is 378 g/mol. The third-order valence-electron chi connectivity index (χ3n) is 4.75. The summed E-state index contributed by atoms with van der Waals surface area (Å²) in [5.74, 6) is -0.109. The molecule has 0 spiro atoms. The first-order valence-electron chi connectivity index (χ1n) is 8.99. The number of hydrogen-bond donors (Lipinski definition) is 1. The smallest absolute Gasteiger partial charge is 0.264 e. The number of hydrogen-bond acceptors (Lipinski definition) is 5. The molecule has 7 heteroatoms. The Hall–Kier alpha value is -1.91. The van der Waals surface area contributed by atoms with Crippen molar-refractivity contribution in [2.24, 2.45) is 5.92 Å². The van der Waals surface area contributed by atoms with E-state index in [0.29, 0.717) is 17.9 Å². The van der Waals surface area contributed by atoms with E-state index in [1.165, 1.54) is 6.07 Å². The van der Waals surface area contributed by atoms with Crippen LogP contribution in [0.1, 0.15) is 57.1 Å². The number of nitriles is 1. The zero-order valence-electron chi connectivity index (χ0n) is 15.5. The molecule has 1 N–H and O–H groups in total. The van der Waals surface area contributed by atoms with Gasteiger partial charge in [0.05, 0.1) is 22.6 Å². The predicted octanol–water partition coefficient (Wildman–Crippen LogP) is 3.05. The highest BCUT2D eigenvalue weighted by Crippen LogP contribution is 2.27. The average Bonchev–Trinajstić information content (AvgIpc) is 2.59. The number of nitrogens with zero attached hydrogens (tertiary/aromatic N) is 1. The molecule has 1 aromatic rings. The molecule has 142 valence electrons. The van der Waals surface area contributed by atoms with Gasteiger partial charge in [0.1, 0.15) is 6.10 Å². The molecule has 0 bridgehead atoms. The standard InChI is InChI=1S/C19H26N2O4S/c1-4-17(25-16-7-5-6-13(2)10-16)19(22)21-26(23,24)18-11-15(12-20)9-8-14(18)3/h8-9,11,13,16-17H,4-7,10H2,1-3H3,(H,21,22)/t13-,16-,17+/m1/s1. The summed E-state index contributed by atoms with van der Waals surface area (Å²) in [5, 5.41) is 8.98. The summed E-state index contributed by atoms with van der Waals surface area (Å²) in [6.07, 6.45) is 3.57. The van der Waals surface area contributed by atoms with Gasteiger partial charge in [-0.2, -0.15) is 5.26 Å². The van der Waals surface area contributed by atoms with Crippen LogP contribution in [0.3, 0.4) is 0 Å². The van der Waals surface area contributed by atoms with E-state index in [1.807, 2.05) is 6.07 Å². The Morgan fingerprint density at radius 1 is 1.42 bits per heavy atom. The number of carbonyl (C=O) groups excluding carboxylic acids is 1. The van der Waals surface area contributed by atoms with E-state index in [0.717, 1.165) is 25.7 Å². The lowest BCUT2D eigenvalue weighted by molar-refractivity contribution is -0.137. The van der Waals surface area contributed by atoms with Crippen LogP contribution in [0.25, 0.3) is 0 Å². The van der Waals surface area contributed by atoms with Crippen molar-refractivity contribution < 1.29 is 17.9 Å². The van der Waals surface area contributed by atoms with E-state index in [9.17, 15) is 13.2 Å². The van der Waals surface area contributed by atoms with Gasteiger partial charge >= 0.3 is 0 Å². The van der Waals surface area contributed by atoms with E-state index in [4.69, 9.17) is 10.00 Å². The Labute approximate surface area is 155 Å². The highest BCUT2D eigenvalue weighted by Gasteiger charge is 2.29. The number of carbonyl (C=O) groups is 1. The molecule has 1 saturated carbocycles. The molecule has 6 nitrogen and oxygen atoms in total. The lowest BCUT2D eigenvalue weighted by atomic mass is 9.88. The van der Waals surface area contributed by atoms with Crippen LogP contribution in [-0.4, -0.2) is 26.5 Å². The summed E-state index contributed by atoms with van der Waals surface area (Å²) in [6.45, 7) is 5.58. The summed E-state index contributed by atoms with van der Waals surface area (Å²) in [5.41, 5.74) is 0.697. The fourth-order valence-electron chi connectivity index (χ4n) is 3.29. The fourth-order valence-corrected chi connectivity index (χ4v) is 4.57. The minimum atomic E-state index is -4.06. The zero-order chi connectivity index (χ0) is 19.3. The van der Waals surface area contributed by atoms with Crippen molar-refractivity contribution in [2.75, 3.05) is 0 Å². The summed E-state index contributed by atoms with van der Waals surface area (Å²) in [4.78, 5) is 12.4. The van der Waals surface area contributed by atoms with Crippen molar-refractivity contribution in [3.8, 4) is 6.07 Å². The van der Waals surface area contributed by atoms with E-state index in [1.54, 1.807) is 26.0 Å². The van der Waals surface area contributed by atoms with Crippen LogP contribution in [0.5, 0.6) is 0 Å². The molecule has 1 fully saturated rings. The van der Waals surface area contributed by atoms with Crippen LogP contribution < -0.4 is 4.72 Å². The molecule has 26 heavy (non-hydrogen) atoms.